The van der Waals surface area contributed by atoms with E-state index >= 15 is 0 Å². The number of aliphatic carboxylic acids is 2. The molecule has 6 rings (SSSR count). The van der Waals surface area contributed by atoms with Crippen LogP contribution in [0.25, 0.3) is 10.9 Å². The Labute approximate surface area is 357 Å². The standard InChI is InChI=1S/C39H46N6O4.2C2HF3O2/c1-26-16-18-45(19-17-26)35-23-36(46)43-34(22-29-24-40-32-15-9-8-14-31(29)32)38(48)44-33(21-28-12-6-3-7-13-28)37(47)42-30(25-41-39(35)49)20-27-10-4-2-5-11-27;2*3-2(4,5)1(6)7/h2-15,24,26,30,33-35,40H,16-23,25H2,1H3,(H,41,49)(H,42,47)(H,43,46)(H,44,48);2*(H,6,7)/t30-,33+,34+,35-;;/m1../s1. The molecule has 63 heavy (non-hydrogen) atoms. The second-order valence-electron chi connectivity index (χ2n) is 15.1. The number of carboxylic acids is 2. The molecule has 3 heterocycles. The number of hydrogen-bond acceptors (Lipinski definition) is 7. The number of nitrogens with one attached hydrogen (secondary N) is 5. The summed E-state index contributed by atoms with van der Waals surface area (Å²) in [6, 6.07) is 24.1. The molecule has 0 spiro atoms. The molecule has 0 saturated carbocycles. The zero-order valence-corrected chi connectivity index (χ0v) is 34.0. The minimum absolute atomic E-state index is 0.0823. The summed E-state index contributed by atoms with van der Waals surface area (Å²) in [5.41, 5.74) is 3.68. The predicted octanol–water partition coefficient (Wildman–Crippen LogP) is 4.54. The molecule has 0 aliphatic carbocycles. The molecule has 4 amide bonds. The van der Waals surface area contributed by atoms with Crippen molar-refractivity contribution in [3.63, 3.8) is 0 Å². The zero-order valence-electron chi connectivity index (χ0n) is 34.0. The Hall–Kier alpha value is -6.44. The van der Waals surface area contributed by atoms with E-state index in [-0.39, 0.29) is 43.5 Å². The van der Waals surface area contributed by atoms with E-state index in [0.29, 0.717) is 25.4 Å². The fourth-order valence-corrected chi connectivity index (χ4v) is 6.93. The van der Waals surface area contributed by atoms with E-state index in [2.05, 4.69) is 38.1 Å². The first-order chi connectivity index (χ1) is 29.7. The quantitative estimate of drug-likeness (QED) is 0.130. The molecule has 2 aliphatic rings. The summed E-state index contributed by atoms with van der Waals surface area (Å²) in [5, 5.41) is 27.4. The van der Waals surface area contributed by atoms with E-state index < -0.39 is 54.4 Å². The number of para-hydroxylation sites is 1. The number of carbonyl (C=O) groups is 6. The number of nitrogens with zero attached hydrogens (tertiary/aromatic N) is 1. The van der Waals surface area contributed by atoms with Gasteiger partial charge in [0.15, 0.2) is 0 Å². The molecular weight excluding hydrogens is 842 g/mol. The minimum atomic E-state index is -5.08. The Morgan fingerprint density at radius 2 is 1.16 bits per heavy atom. The highest BCUT2D eigenvalue weighted by molar-refractivity contribution is 5.95. The van der Waals surface area contributed by atoms with Gasteiger partial charge >= 0.3 is 24.3 Å². The number of benzene rings is 3. The van der Waals surface area contributed by atoms with Crippen LogP contribution in [0.4, 0.5) is 26.3 Å². The van der Waals surface area contributed by atoms with Gasteiger partial charge in [-0.25, -0.2) is 9.59 Å². The molecule has 4 atom stereocenters. The molecule has 2 saturated heterocycles. The number of carboxylic acid groups (broad SMARTS) is 2. The van der Waals surface area contributed by atoms with Gasteiger partial charge in [0.05, 0.1) is 18.5 Å². The molecule has 340 valence electrons. The second kappa shape index (κ2) is 22.6. The SMILES string of the molecule is CC1CCN([C@@H]2CC(=O)N[C@@H](Cc3c[nH]c4ccccc34)C(=O)N[C@@H](Cc3ccccc3)C(=O)N[C@H](Cc3ccccc3)CNC2=O)CC1.O=C(O)C(F)(F)F.O=C(O)C(F)(F)F. The Balaban J connectivity index is 0.000000537. The molecular formula is C43H48F6N6O8. The lowest BCUT2D eigenvalue weighted by molar-refractivity contribution is -0.193. The highest BCUT2D eigenvalue weighted by atomic mass is 19.4. The summed E-state index contributed by atoms with van der Waals surface area (Å²) in [5.74, 6) is -6.43. The van der Waals surface area contributed by atoms with Gasteiger partial charge in [-0.15, -0.1) is 0 Å². The van der Waals surface area contributed by atoms with Crippen LogP contribution in [0, 0.1) is 5.92 Å². The van der Waals surface area contributed by atoms with E-state index in [1.165, 1.54) is 0 Å². The Morgan fingerprint density at radius 3 is 1.71 bits per heavy atom. The van der Waals surface area contributed by atoms with Crippen molar-refractivity contribution in [1.29, 1.82) is 0 Å². The molecule has 7 N–H and O–H groups in total. The van der Waals surface area contributed by atoms with Crippen molar-refractivity contribution in [2.75, 3.05) is 19.6 Å². The van der Waals surface area contributed by atoms with Gasteiger partial charge in [-0.3, -0.25) is 24.1 Å². The molecule has 0 radical (unpaired) electrons. The van der Waals surface area contributed by atoms with Gasteiger partial charge in [0.1, 0.15) is 12.1 Å². The van der Waals surface area contributed by atoms with E-state index in [1.54, 1.807) is 0 Å². The molecule has 3 aromatic carbocycles. The van der Waals surface area contributed by atoms with Gasteiger partial charge in [0.2, 0.25) is 23.6 Å². The van der Waals surface area contributed by atoms with Gasteiger partial charge in [-0.1, -0.05) is 85.8 Å². The maximum absolute atomic E-state index is 14.2. The van der Waals surface area contributed by atoms with Crippen molar-refractivity contribution in [2.24, 2.45) is 5.92 Å². The Kier molecular flexibility index (Phi) is 17.7. The Morgan fingerprint density at radius 1 is 0.667 bits per heavy atom. The van der Waals surface area contributed by atoms with E-state index in [1.807, 2.05) is 91.1 Å². The summed E-state index contributed by atoms with van der Waals surface area (Å²) in [6.45, 7) is 3.79. The molecule has 2 aliphatic heterocycles. The third kappa shape index (κ3) is 15.8. The average Bonchev–Trinajstić information content (AvgIpc) is 3.64. The van der Waals surface area contributed by atoms with Gasteiger partial charge in [-0.05, 0) is 61.0 Å². The number of aromatic amines is 1. The normalized spacial score (nSPS) is 20.9. The molecule has 20 heteroatoms. The number of amides is 4. The largest absolute Gasteiger partial charge is 0.490 e. The van der Waals surface area contributed by atoms with Crippen LogP contribution in [-0.4, -0.2) is 112 Å². The van der Waals surface area contributed by atoms with Crippen LogP contribution in [0.2, 0.25) is 0 Å². The van der Waals surface area contributed by atoms with Crippen molar-refractivity contribution in [3.05, 3.63) is 108 Å². The first-order valence-corrected chi connectivity index (χ1v) is 19.9. The van der Waals surface area contributed by atoms with Crippen LogP contribution in [0.1, 0.15) is 42.9 Å². The number of likely N-dealkylation sites (tertiary alicyclic amines) is 1. The summed E-state index contributed by atoms with van der Waals surface area (Å²) >= 11 is 0. The third-order valence-electron chi connectivity index (χ3n) is 10.3. The van der Waals surface area contributed by atoms with Crippen LogP contribution in [-0.2, 0) is 48.0 Å². The smallest absolute Gasteiger partial charge is 0.475 e. The van der Waals surface area contributed by atoms with Crippen molar-refractivity contribution in [3.8, 4) is 0 Å². The van der Waals surface area contributed by atoms with Crippen LogP contribution in [0.5, 0.6) is 0 Å². The van der Waals surface area contributed by atoms with E-state index in [4.69, 9.17) is 19.8 Å². The highest BCUT2D eigenvalue weighted by Crippen LogP contribution is 2.22. The number of rotatable bonds is 7. The topological polar surface area (TPSA) is 210 Å². The summed E-state index contributed by atoms with van der Waals surface area (Å²) in [6.07, 6.45) is -5.58. The summed E-state index contributed by atoms with van der Waals surface area (Å²) < 4.78 is 63.5. The van der Waals surface area contributed by atoms with Crippen LogP contribution in [0.3, 0.4) is 0 Å². The molecule has 4 aromatic rings. The molecule has 0 bridgehead atoms. The summed E-state index contributed by atoms with van der Waals surface area (Å²) in [4.78, 5) is 79.1. The van der Waals surface area contributed by atoms with Crippen molar-refractivity contribution < 1.29 is 65.3 Å². The van der Waals surface area contributed by atoms with Crippen LogP contribution in [0.15, 0.2) is 91.1 Å². The molecule has 2 fully saturated rings. The second-order valence-corrected chi connectivity index (χ2v) is 15.1. The maximum atomic E-state index is 14.2. The van der Waals surface area contributed by atoms with E-state index in [0.717, 1.165) is 40.4 Å². The number of halogens is 6. The number of piperidine rings is 1. The van der Waals surface area contributed by atoms with E-state index in [9.17, 15) is 45.5 Å². The molecule has 14 nitrogen and oxygen atoms in total. The molecule has 1 aromatic heterocycles. The monoisotopic (exact) mass is 890 g/mol. The van der Waals surface area contributed by atoms with Crippen molar-refractivity contribution in [1.82, 2.24) is 31.2 Å². The summed E-state index contributed by atoms with van der Waals surface area (Å²) in [7, 11) is 0. The lowest BCUT2D eigenvalue weighted by atomic mass is 9.96. The number of carbonyl (C=O) groups excluding carboxylic acids is 4. The molecule has 0 unspecified atom stereocenters. The average molecular weight is 891 g/mol. The first kappa shape index (κ1) is 49.2. The number of fused-ring (bicyclic) bond motifs is 1. The number of aromatic nitrogens is 1. The van der Waals surface area contributed by atoms with Gasteiger partial charge in [-0.2, -0.15) is 26.3 Å². The fraction of sp³-hybridized carbons (Fsp3) is 0.395. The first-order valence-electron chi connectivity index (χ1n) is 19.9. The Bertz CT molecular complexity index is 2140. The number of alkyl halides is 6. The van der Waals surface area contributed by atoms with Gasteiger partial charge in [0, 0.05) is 36.5 Å². The van der Waals surface area contributed by atoms with Gasteiger partial charge < -0.3 is 36.5 Å². The lowest BCUT2D eigenvalue weighted by Gasteiger charge is -2.36. The van der Waals surface area contributed by atoms with Crippen LogP contribution < -0.4 is 21.3 Å². The minimum Gasteiger partial charge on any atom is -0.475 e. The maximum Gasteiger partial charge on any atom is 0.490 e. The lowest BCUT2D eigenvalue weighted by Crippen LogP contribution is -2.59. The van der Waals surface area contributed by atoms with Crippen LogP contribution >= 0.6 is 0 Å². The predicted molar refractivity (Wildman–Crippen MR) is 217 cm³/mol. The third-order valence-corrected chi connectivity index (χ3v) is 10.3. The zero-order chi connectivity index (χ0) is 46.3. The van der Waals surface area contributed by atoms with Gasteiger partial charge in [0.25, 0.3) is 0 Å². The fourth-order valence-electron chi connectivity index (χ4n) is 6.93. The number of H-pyrrole nitrogens is 1. The van der Waals surface area contributed by atoms with Crippen molar-refractivity contribution in [2.45, 2.75) is 82.0 Å². The van der Waals surface area contributed by atoms with Crippen molar-refractivity contribution >= 4 is 46.5 Å². The highest BCUT2D eigenvalue weighted by Gasteiger charge is 2.39. The number of hydrogen-bond donors (Lipinski definition) is 7.